The van der Waals surface area contributed by atoms with Crippen LogP contribution in [0.1, 0.15) is 28.9 Å². The van der Waals surface area contributed by atoms with E-state index in [9.17, 15) is 4.79 Å². The largest absolute Gasteiger partial charge is 0.338 e. The molecule has 1 aliphatic rings. The van der Waals surface area contributed by atoms with Crippen molar-refractivity contribution >= 4 is 23.3 Å². The van der Waals surface area contributed by atoms with Crippen LogP contribution >= 0.6 is 0 Å². The molecule has 0 saturated heterocycles. The third-order valence-electron chi connectivity index (χ3n) is 4.41. The molecule has 0 spiro atoms. The fraction of sp³-hybridized carbons (Fsp3) is 0.263. The molecule has 116 valence electrons. The van der Waals surface area contributed by atoms with Gasteiger partial charge >= 0.3 is 0 Å². The van der Waals surface area contributed by atoms with Crippen molar-refractivity contribution in [3.05, 3.63) is 60.3 Å². The van der Waals surface area contributed by atoms with Crippen molar-refractivity contribution in [1.29, 1.82) is 0 Å². The summed E-state index contributed by atoms with van der Waals surface area (Å²) in [7, 11) is 0. The number of carbonyl (C=O) groups excluding carboxylic acids is 1. The Morgan fingerprint density at radius 2 is 2.22 bits per heavy atom. The van der Waals surface area contributed by atoms with Crippen LogP contribution in [0.25, 0.3) is 17.0 Å². The highest BCUT2D eigenvalue weighted by Crippen LogP contribution is 2.34. The minimum atomic E-state index is 0.729. The molecule has 3 aromatic rings. The number of allylic oxidation sites excluding steroid dienone is 1. The maximum absolute atomic E-state index is 11.4. The first-order valence-corrected chi connectivity index (χ1v) is 8.05. The molecule has 4 rings (SSSR count). The molecular formula is C19H19N3O. The van der Waals surface area contributed by atoms with Crippen LogP contribution in [0, 0.1) is 5.92 Å². The number of carbonyl (C=O) groups is 1. The molecule has 23 heavy (non-hydrogen) atoms. The molecule has 4 nitrogen and oxygen atoms in total. The van der Waals surface area contributed by atoms with Gasteiger partial charge in [-0.05, 0) is 30.4 Å². The Kier molecular flexibility index (Phi) is 3.58. The fourth-order valence-corrected chi connectivity index (χ4v) is 3.06. The minimum absolute atomic E-state index is 0.729. The Balaban J connectivity index is 1.71. The molecule has 4 heteroatoms. The average molecular weight is 305 g/mol. The zero-order chi connectivity index (χ0) is 15.6. The van der Waals surface area contributed by atoms with Gasteiger partial charge in [0.15, 0.2) is 6.29 Å². The van der Waals surface area contributed by atoms with E-state index in [-0.39, 0.29) is 0 Å². The van der Waals surface area contributed by atoms with Gasteiger partial charge in [-0.15, -0.1) is 0 Å². The third-order valence-corrected chi connectivity index (χ3v) is 4.41. The van der Waals surface area contributed by atoms with Crippen LogP contribution in [0.15, 0.2) is 49.1 Å². The van der Waals surface area contributed by atoms with Gasteiger partial charge in [0.2, 0.25) is 0 Å². The van der Waals surface area contributed by atoms with Crippen molar-refractivity contribution in [3.8, 4) is 0 Å². The molecule has 0 atom stereocenters. The summed E-state index contributed by atoms with van der Waals surface area (Å²) in [5.41, 5.74) is 3.11. The zero-order valence-electron chi connectivity index (χ0n) is 12.9. The topological polar surface area (TPSA) is 39.8 Å². The normalized spacial score (nSPS) is 14.8. The van der Waals surface area contributed by atoms with Crippen molar-refractivity contribution < 1.29 is 4.79 Å². The van der Waals surface area contributed by atoms with E-state index < -0.39 is 0 Å². The Morgan fingerprint density at radius 3 is 2.96 bits per heavy atom. The number of nitrogens with zero attached hydrogens (tertiary/aromatic N) is 3. The van der Waals surface area contributed by atoms with Crippen molar-refractivity contribution in [2.75, 3.05) is 0 Å². The second-order valence-electron chi connectivity index (χ2n) is 6.19. The highest BCUT2D eigenvalue weighted by molar-refractivity contribution is 5.94. The quantitative estimate of drug-likeness (QED) is 0.650. The van der Waals surface area contributed by atoms with Crippen molar-refractivity contribution in [1.82, 2.24) is 14.1 Å². The van der Waals surface area contributed by atoms with Crippen molar-refractivity contribution in [3.63, 3.8) is 0 Å². The van der Waals surface area contributed by atoms with Crippen LogP contribution in [0.3, 0.4) is 0 Å². The van der Waals surface area contributed by atoms with E-state index in [1.54, 1.807) is 6.20 Å². The molecule has 1 fully saturated rings. The number of rotatable bonds is 6. The van der Waals surface area contributed by atoms with Crippen molar-refractivity contribution in [2.24, 2.45) is 5.92 Å². The molecule has 0 aliphatic heterocycles. The molecule has 2 aromatic heterocycles. The zero-order valence-corrected chi connectivity index (χ0v) is 12.9. The maximum Gasteiger partial charge on any atom is 0.166 e. The lowest BCUT2D eigenvalue weighted by atomic mass is 10.1. The highest BCUT2D eigenvalue weighted by atomic mass is 16.1. The third kappa shape index (κ3) is 2.84. The van der Waals surface area contributed by atoms with E-state index in [4.69, 9.17) is 0 Å². The number of benzene rings is 1. The van der Waals surface area contributed by atoms with E-state index in [0.29, 0.717) is 0 Å². The Bertz CT molecular complexity index is 854. The van der Waals surface area contributed by atoms with E-state index >= 15 is 0 Å². The number of aldehydes is 1. The summed E-state index contributed by atoms with van der Waals surface area (Å²) in [6.07, 6.45) is 13.3. The molecule has 1 aromatic carbocycles. The number of fused-ring (bicyclic) bond motifs is 1. The fourth-order valence-electron chi connectivity index (χ4n) is 3.06. The lowest BCUT2D eigenvalue weighted by Crippen LogP contribution is -2.04. The first-order chi connectivity index (χ1) is 11.3. The van der Waals surface area contributed by atoms with Crippen LogP contribution < -0.4 is 0 Å². The Hall–Kier alpha value is -2.62. The molecule has 0 N–H and O–H groups in total. The van der Waals surface area contributed by atoms with Crippen LogP contribution in [0.2, 0.25) is 0 Å². The average Bonchev–Trinajstić information content (AvgIpc) is 3.09. The van der Waals surface area contributed by atoms with Crippen LogP contribution in [-0.4, -0.2) is 20.4 Å². The summed E-state index contributed by atoms with van der Waals surface area (Å²) < 4.78 is 4.22. The van der Waals surface area contributed by atoms with E-state index in [2.05, 4.69) is 39.9 Å². The summed E-state index contributed by atoms with van der Waals surface area (Å²) in [5.74, 6) is 0.729. The summed E-state index contributed by atoms with van der Waals surface area (Å²) in [6, 6.07) is 8.25. The van der Waals surface area contributed by atoms with Gasteiger partial charge < -0.3 is 9.13 Å². The summed E-state index contributed by atoms with van der Waals surface area (Å²) in [5, 5.41) is 1.14. The van der Waals surface area contributed by atoms with Crippen molar-refractivity contribution in [2.45, 2.75) is 25.9 Å². The molecular weight excluding hydrogens is 286 g/mol. The molecule has 1 saturated carbocycles. The summed E-state index contributed by atoms with van der Waals surface area (Å²) in [4.78, 5) is 15.5. The van der Waals surface area contributed by atoms with E-state index in [1.807, 2.05) is 23.2 Å². The summed E-state index contributed by atoms with van der Waals surface area (Å²) in [6.45, 7) is 1.74. The molecule has 0 bridgehead atoms. The number of aromatic nitrogens is 3. The van der Waals surface area contributed by atoms with E-state index in [0.717, 1.165) is 41.9 Å². The molecule has 2 heterocycles. The monoisotopic (exact) mass is 305 g/mol. The second kappa shape index (κ2) is 5.88. The molecule has 0 unspecified atom stereocenters. The molecule has 0 radical (unpaired) electrons. The SMILES string of the molecule is O=Cc1cc2cccc(/C=C/Cn3ccnc3)c2n1CC1CC1. The first-order valence-electron chi connectivity index (χ1n) is 8.05. The number of hydrogen-bond acceptors (Lipinski definition) is 2. The van der Waals surface area contributed by atoms with E-state index in [1.165, 1.54) is 18.4 Å². The lowest BCUT2D eigenvalue weighted by molar-refractivity contribution is 0.111. The van der Waals surface area contributed by atoms with Gasteiger partial charge in [0.25, 0.3) is 0 Å². The van der Waals surface area contributed by atoms with Gasteiger partial charge in [-0.25, -0.2) is 4.98 Å². The predicted molar refractivity (Wildman–Crippen MR) is 91.3 cm³/mol. The van der Waals surface area contributed by atoms with Gasteiger partial charge in [0.1, 0.15) is 0 Å². The predicted octanol–water partition coefficient (Wildman–Crippen LogP) is 3.77. The standard InChI is InChI=1S/C19H19N3O/c23-13-18-11-17-4-1-3-16(5-2-9-21-10-8-20-14-21)19(17)22(18)12-15-6-7-15/h1-5,8,10-11,13-15H,6-7,9,12H2/b5-2+. The first kappa shape index (κ1) is 14.0. The highest BCUT2D eigenvalue weighted by Gasteiger charge is 2.24. The maximum atomic E-state index is 11.4. The molecule has 0 amide bonds. The number of hydrogen-bond donors (Lipinski definition) is 0. The van der Waals surface area contributed by atoms with Gasteiger partial charge in [-0.2, -0.15) is 0 Å². The molecule has 1 aliphatic carbocycles. The van der Waals surface area contributed by atoms with Gasteiger partial charge in [-0.3, -0.25) is 4.79 Å². The van der Waals surface area contributed by atoms with Gasteiger partial charge in [-0.1, -0.05) is 30.4 Å². The number of para-hydroxylation sites is 1. The van der Waals surface area contributed by atoms with Crippen LogP contribution in [0.4, 0.5) is 0 Å². The summed E-state index contributed by atoms with van der Waals surface area (Å²) >= 11 is 0. The lowest BCUT2D eigenvalue weighted by Gasteiger charge is -2.09. The van der Waals surface area contributed by atoms with Crippen LogP contribution in [-0.2, 0) is 13.1 Å². The Morgan fingerprint density at radius 1 is 1.30 bits per heavy atom. The van der Waals surface area contributed by atoms with Gasteiger partial charge in [0.05, 0.1) is 17.5 Å². The minimum Gasteiger partial charge on any atom is -0.338 e. The van der Waals surface area contributed by atoms with Gasteiger partial charge in [0, 0.05) is 30.9 Å². The van der Waals surface area contributed by atoms with Crippen LogP contribution in [0.5, 0.6) is 0 Å². The second-order valence-corrected chi connectivity index (χ2v) is 6.19. The Labute approximate surface area is 135 Å². The number of imidazole rings is 1. The smallest absolute Gasteiger partial charge is 0.166 e.